The summed E-state index contributed by atoms with van der Waals surface area (Å²) in [5, 5.41) is 1.02. The third kappa shape index (κ3) is 4.62. The lowest BCUT2D eigenvalue weighted by Gasteiger charge is -2.12. The molecule has 0 saturated heterocycles. The van der Waals surface area contributed by atoms with Gasteiger partial charge in [0, 0.05) is 12.3 Å². The highest BCUT2D eigenvalue weighted by Gasteiger charge is 2.13. The van der Waals surface area contributed by atoms with Gasteiger partial charge in [-0.2, -0.15) is 0 Å². The van der Waals surface area contributed by atoms with Crippen LogP contribution in [0.25, 0.3) is 23.1 Å². The Morgan fingerprint density at radius 1 is 1.14 bits per heavy atom. The fraction of sp³-hybridized carbons (Fsp3) is 0.182. The van der Waals surface area contributed by atoms with E-state index in [2.05, 4.69) is 27.6 Å². The number of ether oxygens (including phenoxy) is 3. The maximum Gasteiger partial charge on any atom is 0.308 e. The maximum atomic E-state index is 11.4. The van der Waals surface area contributed by atoms with Crippen LogP contribution in [0.15, 0.2) is 42.5 Å². The quantitative estimate of drug-likeness (QED) is 0.266. The van der Waals surface area contributed by atoms with Gasteiger partial charge in [-0.1, -0.05) is 24.3 Å². The van der Waals surface area contributed by atoms with Crippen LogP contribution < -0.4 is 14.2 Å². The summed E-state index contributed by atoms with van der Waals surface area (Å²) in [6.45, 7) is 3.74. The molecule has 0 aliphatic heterocycles. The second kappa shape index (κ2) is 9.05. The van der Waals surface area contributed by atoms with Crippen LogP contribution in [0.4, 0.5) is 0 Å². The molecule has 0 fully saturated rings. The average molecular weight is 489 g/mol. The number of methoxy groups -OCH3 is 1. The molecule has 0 amide bonds. The monoisotopic (exact) mass is 489 g/mol. The molecule has 0 spiro atoms. The minimum Gasteiger partial charge on any atom is -0.494 e. The molecule has 0 aliphatic rings. The van der Waals surface area contributed by atoms with Crippen LogP contribution in [0.3, 0.4) is 0 Å². The molecule has 6 heteroatoms. The molecule has 3 aromatic rings. The largest absolute Gasteiger partial charge is 0.494 e. The number of hydrogen-bond acceptors (Lipinski definition) is 5. The lowest BCUT2D eigenvalue weighted by Crippen LogP contribution is -2.06. The predicted octanol–water partition coefficient (Wildman–Crippen LogP) is 5.34. The molecule has 0 radical (unpaired) electrons. The first-order chi connectivity index (χ1) is 13.5. The molecule has 0 aliphatic carbocycles. The Kier molecular flexibility index (Phi) is 6.51. The second-order valence-electron chi connectivity index (χ2n) is 5.96. The molecule has 1 heterocycles. The van der Waals surface area contributed by atoms with Gasteiger partial charge in [0.25, 0.3) is 0 Å². The SMILES string of the molecule is CCOc1cc(/C=C/c2ccc3cccc(OC)c3n2)cc(I)c1OC(C)=O. The number of nitrogens with zero attached hydrogens (tertiary/aromatic N) is 1. The summed E-state index contributed by atoms with van der Waals surface area (Å²) in [6, 6.07) is 13.6. The van der Waals surface area contributed by atoms with E-state index in [9.17, 15) is 4.79 Å². The number of para-hydroxylation sites is 1. The van der Waals surface area contributed by atoms with Gasteiger partial charge in [0.05, 0.1) is 23.0 Å². The van der Waals surface area contributed by atoms with Gasteiger partial charge < -0.3 is 14.2 Å². The number of esters is 1. The summed E-state index contributed by atoms with van der Waals surface area (Å²) in [4.78, 5) is 16.0. The van der Waals surface area contributed by atoms with Crippen LogP contribution in [0, 0.1) is 3.57 Å². The summed E-state index contributed by atoms with van der Waals surface area (Å²) in [5.74, 6) is 1.35. The molecule has 2 aromatic carbocycles. The molecular formula is C22H20INO4. The van der Waals surface area contributed by atoms with Gasteiger partial charge in [-0.05, 0) is 65.4 Å². The molecule has 0 N–H and O–H groups in total. The second-order valence-corrected chi connectivity index (χ2v) is 7.12. The highest BCUT2D eigenvalue weighted by molar-refractivity contribution is 14.1. The van der Waals surface area contributed by atoms with Crippen molar-refractivity contribution in [3.05, 3.63) is 57.3 Å². The molecular weight excluding hydrogens is 469 g/mol. The van der Waals surface area contributed by atoms with Crippen molar-refractivity contribution >= 4 is 51.6 Å². The highest BCUT2D eigenvalue weighted by Crippen LogP contribution is 2.35. The minimum absolute atomic E-state index is 0.378. The summed E-state index contributed by atoms with van der Waals surface area (Å²) >= 11 is 2.14. The Labute approximate surface area is 177 Å². The Hall–Kier alpha value is -2.61. The number of benzene rings is 2. The van der Waals surface area contributed by atoms with Crippen LogP contribution in [0.5, 0.6) is 17.2 Å². The Bertz CT molecular complexity index is 1050. The number of rotatable bonds is 6. The molecule has 28 heavy (non-hydrogen) atoms. The Morgan fingerprint density at radius 3 is 2.68 bits per heavy atom. The van der Waals surface area contributed by atoms with E-state index in [1.54, 1.807) is 7.11 Å². The normalized spacial score (nSPS) is 11.0. The number of fused-ring (bicyclic) bond motifs is 1. The van der Waals surface area contributed by atoms with E-state index in [1.807, 2.05) is 61.5 Å². The van der Waals surface area contributed by atoms with Gasteiger partial charge >= 0.3 is 5.97 Å². The molecule has 1 aromatic heterocycles. The molecule has 0 unspecified atom stereocenters. The van der Waals surface area contributed by atoms with E-state index in [-0.39, 0.29) is 5.97 Å². The lowest BCUT2D eigenvalue weighted by molar-refractivity contribution is -0.132. The van der Waals surface area contributed by atoms with Crippen molar-refractivity contribution in [3.8, 4) is 17.2 Å². The van der Waals surface area contributed by atoms with Crippen LogP contribution in [0.2, 0.25) is 0 Å². The van der Waals surface area contributed by atoms with Crippen LogP contribution >= 0.6 is 22.6 Å². The minimum atomic E-state index is -0.378. The summed E-state index contributed by atoms with van der Waals surface area (Å²) in [6.07, 6.45) is 3.88. The number of pyridine rings is 1. The Balaban J connectivity index is 1.95. The number of aromatic nitrogens is 1. The van der Waals surface area contributed by atoms with Crippen molar-refractivity contribution < 1.29 is 19.0 Å². The molecule has 0 bridgehead atoms. The van der Waals surface area contributed by atoms with Crippen LogP contribution in [-0.2, 0) is 4.79 Å². The van der Waals surface area contributed by atoms with Gasteiger partial charge in [0.1, 0.15) is 11.3 Å². The zero-order valence-electron chi connectivity index (χ0n) is 15.9. The summed E-state index contributed by atoms with van der Waals surface area (Å²) in [7, 11) is 1.64. The van der Waals surface area contributed by atoms with Gasteiger partial charge in [0.15, 0.2) is 11.5 Å². The molecule has 5 nitrogen and oxygen atoms in total. The summed E-state index contributed by atoms with van der Waals surface area (Å²) < 4.78 is 17.2. The van der Waals surface area contributed by atoms with Crippen molar-refractivity contribution in [1.82, 2.24) is 4.98 Å². The predicted molar refractivity (Wildman–Crippen MR) is 119 cm³/mol. The number of halogens is 1. The topological polar surface area (TPSA) is 57.6 Å². The van der Waals surface area contributed by atoms with E-state index in [1.165, 1.54) is 6.92 Å². The van der Waals surface area contributed by atoms with Crippen molar-refractivity contribution in [1.29, 1.82) is 0 Å². The van der Waals surface area contributed by atoms with Crippen molar-refractivity contribution in [2.75, 3.05) is 13.7 Å². The fourth-order valence-corrected chi connectivity index (χ4v) is 3.50. The van der Waals surface area contributed by atoms with Gasteiger partial charge in [-0.3, -0.25) is 4.79 Å². The zero-order chi connectivity index (χ0) is 20.1. The fourth-order valence-electron chi connectivity index (χ4n) is 2.76. The van der Waals surface area contributed by atoms with Crippen molar-refractivity contribution in [3.63, 3.8) is 0 Å². The summed E-state index contributed by atoms with van der Waals surface area (Å²) in [5.41, 5.74) is 2.56. The van der Waals surface area contributed by atoms with Crippen LogP contribution in [0.1, 0.15) is 25.1 Å². The van der Waals surface area contributed by atoms with E-state index in [0.29, 0.717) is 18.1 Å². The maximum absolute atomic E-state index is 11.4. The standard InChI is InChI=1S/C22H20INO4/c1-4-27-20-13-15(12-18(23)22(20)28-14(2)25)8-10-17-11-9-16-6-5-7-19(26-3)21(16)24-17/h5-13H,4H2,1-3H3/b10-8+. The number of carbonyl (C=O) groups excluding carboxylic acids is 1. The first-order valence-corrected chi connectivity index (χ1v) is 9.86. The van der Waals surface area contributed by atoms with E-state index >= 15 is 0 Å². The van der Waals surface area contributed by atoms with Crippen LogP contribution in [-0.4, -0.2) is 24.7 Å². The first kappa shape index (κ1) is 20.1. The average Bonchev–Trinajstić information content (AvgIpc) is 2.68. The third-order valence-electron chi connectivity index (χ3n) is 3.95. The molecule has 144 valence electrons. The van der Waals surface area contributed by atoms with E-state index < -0.39 is 0 Å². The van der Waals surface area contributed by atoms with Gasteiger partial charge in [-0.15, -0.1) is 0 Å². The van der Waals surface area contributed by atoms with Gasteiger partial charge in [0.2, 0.25) is 0 Å². The first-order valence-electron chi connectivity index (χ1n) is 8.78. The van der Waals surface area contributed by atoms with E-state index in [4.69, 9.17) is 14.2 Å². The van der Waals surface area contributed by atoms with Crippen molar-refractivity contribution in [2.24, 2.45) is 0 Å². The zero-order valence-corrected chi connectivity index (χ0v) is 18.0. The van der Waals surface area contributed by atoms with E-state index in [0.717, 1.165) is 31.5 Å². The Morgan fingerprint density at radius 2 is 1.96 bits per heavy atom. The van der Waals surface area contributed by atoms with Gasteiger partial charge in [-0.25, -0.2) is 4.98 Å². The molecule has 3 rings (SSSR count). The molecule has 0 saturated carbocycles. The lowest BCUT2D eigenvalue weighted by atomic mass is 10.1. The van der Waals surface area contributed by atoms with Crippen molar-refractivity contribution in [2.45, 2.75) is 13.8 Å². The molecule has 0 atom stereocenters. The number of hydrogen-bond donors (Lipinski definition) is 0. The number of carbonyl (C=O) groups is 1. The third-order valence-corrected chi connectivity index (χ3v) is 4.75. The highest BCUT2D eigenvalue weighted by atomic mass is 127. The smallest absolute Gasteiger partial charge is 0.308 e.